The number of halogens is 1. The zero-order valence-corrected chi connectivity index (χ0v) is 8.54. The molecule has 0 aromatic carbocycles. The average molecular weight is 201 g/mol. The molecule has 0 N–H and O–H groups in total. The van der Waals surface area contributed by atoms with Gasteiger partial charge in [0.1, 0.15) is 5.15 Å². The zero-order valence-electron chi connectivity index (χ0n) is 6.97. The van der Waals surface area contributed by atoms with Crippen LogP contribution in [0.3, 0.4) is 0 Å². The number of rotatable bonds is 2. The van der Waals surface area contributed by atoms with Crippen molar-refractivity contribution in [2.45, 2.75) is 26.2 Å². The largest absolute Gasteiger partial charge is 0.229 e. The van der Waals surface area contributed by atoms with Gasteiger partial charge < -0.3 is 0 Å². The Morgan fingerprint density at radius 1 is 1.67 bits per heavy atom. The summed E-state index contributed by atoms with van der Waals surface area (Å²) in [5.41, 5.74) is 0. The zero-order chi connectivity index (χ0) is 9.14. The monoisotopic (exact) mass is 200 g/mol. The van der Waals surface area contributed by atoms with Gasteiger partial charge in [0.05, 0.1) is 22.4 Å². The third-order valence-electron chi connectivity index (χ3n) is 1.40. The van der Waals surface area contributed by atoms with Crippen LogP contribution in [0.1, 0.15) is 29.7 Å². The summed E-state index contributed by atoms with van der Waals surface area (Å²) in [4.78, 5) is 5.04. The van der Waals surface area contributed by atoms with Crippen LogP contribution in [-0.4, -0.2) is 4.98 Å². The fourth-order valence-electron chi connectivity index (χ4n) is 0.778. The molecular weight excluding hydrogens is 192 g/mol. The SMILES string of the molecule is CC(C)c1nc(Cl)c(CC#N)s1. The highest BCUT2D eigenvalue weighted by Gasteiger charge is 2.10. The molecule has 2 nitrogen and oxygen atoms in total. The number of nitrogens with zero attached hydrogens (tertiary/aromatic N) is 2. The molecule has 0 fully saturated rings. The number of hydrogen-bond donors (Lipinski definition) is 0. The highest BCUT2D eigenvalue weighted by molar-refractivity contribution is 7.12. The molecule has 12 heavy (non-hydrogen) atoms. The standard InChI is InChI=1S/C8H9ClN2S/c1-5(2)8-11-7(9)6(12-8)3-4-10/h5H,3H2,1-2H3. The molecule has 0 unspecified atom stereocenters. The molecule has 0 radical (unpaired) electrons. The van der Waals surface area contributed by atoms with Crippen LogP contribution in [0.25, 0.3) is 0 Å². The third kappa shape index (κ3) is 1.96. The van der Waals surface area contributed by atoms with Crippen molar-refractivity contribution >= 4 is 22.9 Å². The van der Waals surface area contributed by atoms with Crippen molar-refractivity contribution in [1.29, 1.82) is 5.26 Å². The van der Waals surface area contributed by atoms with E-state index >= 15 is 0 Å². The minimum absolute atomic E-state index is 0.364. The Kier molecular flexibility index (Phi) is 3.07. The normalized spacial score (nSPS) is 10.2. The van der Waals surface area contributed by atoms with E-state index in [1.807, 2.05) is 0 Å². The third-order valence-corrected chi connectivity index (χ3v) is 3.18. The molecule has 0 spiro atoms. The summed E-state index contributed by atoms with van der Waals surface area (Å²) in [7, 11) is 0. The molecule has 0 aliphatic rings. The Balaban J connectivity index is 2.94. The van der Waals surface area contributed by atoms with E-state index in [9.17, 15) is 0 Å². The van der Waals surface area contributed by atoms with Gasteiger partial charge in [0.15, 0.2) is 0 Å². The first-order chi connectivity index (χ1) is 5.65. The van der Waals surface area contributed by atoms with Gasteiger partial charge in [0.25, 0.3) is 0 Å². The Morgan fingerprint density at radius 3 is 2.75 bits per heavy atom. The predicted molar refractivity (Wildman–Crippen MR) is 50.5 cm³/mol. The summed E-state index contributed by atoms with van der Waals surface area (Å²) >= 11 is 7.34. The Hall–Kier alpha value is -0.590. The second kappa shape index (κ2) is 3.88. The van der Waals surface area contributed by atoms with E-state index in [1.165, 1.54) is 11.3 Å². The van der Waals surface area contributed by atoms with Gasteiger partial charge in [-0.05, 0) is 0 Å². The summed E-state index contributed by atoms with van der Waals surface area (Å²) in [5.74, 6) is 0.389. The average Bonchev–Trinajstić information content (AvgIpc) is 2.34. The minimum atomic E-state index is 0.364. The lowest BCUT2D eigenvalue weighted by Gasteiger charge is -1.94. The Labute approximate surface area is 80.8 Å². The maximum absolute atomic E-state index is 8.46. The van der Waals surface area contributed by atoms with E-state index in [4.69, 9.17) is 16.9 Å². The molecule has 1 heterocycles. The van der Waals surface area contributed by atoms with Crippen molar-refractivity contribution in [1.82, 2.24) is 4.98 Å². The maximum atomic E-state index is 8.46. The predicted octanol–water partition coefficient (Wildman–Crippen LogP) is 2.99. The van der Waals surface area contributed by atoms with Crippen LogP contribution < -0.4 is 0 Å². The van der Waals surface area contributed by atoms with E-state index in [0.29, 0.717) is 17.5 Å². The van der Waals surface area contributed by atoms with E-state index < -0.39 is 0 Å². The van der Waals surface area contributed by atoms with Crippen LogP contribution in [0.15, 0.2) is 0 Å². The summed E-state index contributed by atoms with van der Waals surface area (Å²) in [6.45, 7) is 4.12. The molecule has 0 aliphatic heterocycles. The summed E-state index contributed by atoms with van der Waals surface area (Å²) in [6, 6.07) is 2.06. The van der Waals surface area contributed by atoms with Crippen molar-refractivity contribution in [3.8, 4) is 6.07 Å². The Bertz CT molecular complexity index is 311. The first-order valence-corrected chi connectivity index (χ1v) is 4.86. The molecule has 0 atom stereocenters. The lowest BCUT2D eigenvalue weighted by atomic mass is 10.2. The molecule has 1 aromatic rings. The van der Waals surface area contributed by atoms with Gasteiger partial charge in [-0.1, -0.05) is 25.4 Å². The van der Waals surface area contributed by atoms with Gasteiger partial charge in [-0.25, -0.2) is 4.98 Å². The molecule has 4 heteroatoms. The topological polar surface area (TPSA) is 36.7 Å². The second-order valence-corrected chi connectivity index (χ2v) is 4.23. The number of aromatic nitrogens is 1. The van der Waals surface area contributed by atoms with E-state index in [1.54, 1.807) is 0 Å². The molecule has 1 aromatic heterocycles. The molecule has 1 rings (SSSR count). The van der Waals surface area contributed by atoms with Crippen LogP contribution in [0.2, 0.25) is 5.15 Å². The van der Waals surface area contributed by atoms with Crippen LogP contribution in [0, 0.1) is 11.3 Å². The number of thiazole rings is 1. The van der Waals surface area contributed by atoms with Gasteiger partial charge >= 0.3 is 0 Å². The van der Waals surface area contributed by atoms with Gasteiger partial charge in [-0.2, -0.15) is 5.26 Å². The van der Waals surface area contributed by atoms with Crippen LogP contribution in [0.5, 0.6) is 0 Å². The highest BCUT2D eigenvalue weighted by atomic mass is 35.5. The van der Waals surface area contributed by atoms with Crippen molar-refractivity contribution in [2.75, 3.05) is 0 Å². The fourth-order valence-corrected chi connectivity index (χ4v) is 1.99. The van der Waals surface area contributed by atoms with Crippen LogP contribution >= 0.6 is 22.9 Å². The number of hydrogen-bond acceptors (Lipinski definition) is 3. The van der Waals surface area contributed by atoms with Crippen molar-refractivity contribution < 1.29 is 0 Å². The molecule has 0 saturated carbocycles. The van der Waals surface area contributed by atoms with E-state index in [2.05, 4.69) is 24.9 Å². The van der Waals surface area contributed by atoms with Gasteiger partial charge in [-0.15, -0.1) is 11.3 Å². The van der Waals surface area contributed by atoms with E-state index in [-0.39, 0.29) is 0 Å². The maximum Gasteiger partial charge on any atom is 0.144 e. The molecule has 0 aliphatic carbocycles. The van der Waals surface area contributed by atoms with Gasteiger partial charge in [-0.3, -0.25) is 0 Å². The summed E-state index contributed by atoms with van der Waals surface area (Å²) in [5, 5.41) is 9.96. The molecule has 0 saturated heterocycles. The van der Waals surface area contributed by atoms with Crippen LogP contribution in [-0.2, 0) is 6.42 Å². The summed E-state index contributed by atoms with van der Waals surface area (Å²) < 4.78 is 0. The molecular formula is C8H9ClN2S. The lowest BCUT2D eigenvalue weighted by molar-refractivity contribution is 0.852. The highest BCUT2D eigenvalue weighted by Crippen LogP contribution is 2.27. The van der Waals surface area contributed by atoms with Crippen LogP contribution in [0.4, 0.5) is 0 Å². The van der Waals surface area contributed by atoms with Crippen molar-refractivity contribution in [3.63, 3.8) is 0 Å². The molecule has 0 bridgehead atoms. The smallest absolute Gasteiger partial charge is 0.144 e. The first-order valence-electron chi connectivity index (χ1n) is 3.67. The van der Waals surface area contributed by atoms with Gasteiger partial charge in [0, 0.05) is 5.92 Å². The van der Waals surface area contributed by atoms with E-state index in [0.717, 1.165) is 9.88 Å². The minimum Gasteiger partial charge on any atom is -0.229 e. The fraction of sp³-hybridized carbons (Fsp3) is 0.500. The Morgan fingerprint density at radius 2 is 2.33 bits per heavy atom. The second-order valence-electron chi connectivity index (χ2n) is 2.76. The number of nitriles is 1. The van der Waals surface area contributed by atoms with Crippen molar-refractivity contribution in [3.05, 3.63) is 15.0 Å². The molecule has 0 amide bonds. The quantitative estimate of drug-likeness (QED) is 0.736. The lowest BCUT2D eigenvalue weighted by Crippen LogP contribution is -1.82. The first kappa shape index (κ1) is 9.50. The van der Waals surface area contributed by atoms with Crippen molar-refractivity contribution in [2.24, 2.45) is 0 Å². The van der Waals surface area contributed by atoms with Gasteiger partial charge in [0.2, 0.25) is 0 Å². The molecule has 64 valence electrons. The summed E-state index contributed by atoms with van der Waals surface area (Å²) in [6.07, 6.45) is 0.364.